The van der Waals surface area contributed by atoms with Gasteiger partial charge in [0.15, 0.2) is 11.5 Å². The molecular weight excluding hydrogens is 237 g/mol. The Labute approximate surface area is 106 Å². The van der Waals surface area contributed by atoms with E-state index >= 15 is 0 Å². The summed E-state index contributed by atoms with van der Waals surface area (Å²) in [5.74, 6) is -1.10. The molecule has 0 radical (unpaired) electrons. The third kappa shape index (κ3) is 1.88. The van der Waals surface area contributed by atoms with E-state index in [2.05, 4.69) is 0 Å². The van der Waals surface area contributed by atoms with Crippen LogP contribution in [0, 0.1) is 5.82 Å². The minimum absolute atomic E-state index is 0.0969. The molecule has 0 aromatic heterocycles. The van der Waals surface area contributed by atoms with E-state index in [1.807, 2.05) is 0 Å². The molecule has 0 atom stereocenters. The van der Waals surface area contributed by atoms with Crippen LogP contribution in [0.15, 0.2) is 6.07 Å². The molecule has 0 spiro atoms. The zero-order valence-electron chi connectivity index (χ0n) is 10.6. The van der Waals surface area contributed by atoms with Gasteiger partial charge in [-0.1, -0.05) is 12.8 Å². The van der Waals surface area contributed by atoms with Crippen molar-refractivity contribution in [3.63, 3.8) is 0 Å². The summed E-state index contributed by atoms with van der Waals surface area (Å²) in [6.45, 7) is 0. The smallest absolute Gasteiger partial charge is 0.210 e. The summed E-state index contributed by atoms with van der Waals surface area (Å²) in [6.07, 6.45) is 3.42. The normalized spacial score (nSPS) is 17.8. The van der Waals surface area contributed by atoms with Crippen LogP contribution in [0.2, 0.25) is 0 Å². The van der Waals surface area contributed by atoms with E-state index in [1.54, 1.807) is 6.07 Å². The molecule has 1 aromatic carbocycles. The summed E-state index contributed by atoms with van der Waals surface area (Å²) in [5, 5.41) is 9.96. The lowest BCUT2D eigenvalue weighted by Crippen LogP contribution is -2.33. The van der Waals surface area contributed by atoms with Crippen molar-refractivity contribution in [1.82, 2.24) is 0 Å². The molecule has 5 heteroatoms. The highest BCUT2D eigenvalue weighted by molar-refractivity contribution is 5.54. The number of ether oxygens (including phenoxy) is 2. The standard InChI is InChI=1S/C13H18FNO3/c1-17-9-7-8(13(15)5-3-4-6-13)11(16)10(14)12(9)18-2/h7,16H,3-6,15H2,1-2H3. The lowest BCUT2D eigenvalue weighted by molar-refractivity contribution is 0.317. The van der Waals surface area contributed by atoms with E-state index in [-0.39, 0.29) is 11.5 Å². The molecule has 0 bridgehead atoms. The van der Waals surface area contributed by atoms with Gasteiger partial charge in [-0.25, -0.2) is 0 Å². The molecule has 0 saturated heterocycles. The molecule has 0 amide bonds. The van der Waals surface area contributed by atoms with Gasteiger partial charge in [-0.05, 0) is 18.9 Å². The zero-order chi connectivity index (χ0) is 13.3. The van der Waals surface area contributed by atoms with Crippen molar-refractivity contribution in [3.05, 3.63) is 17.4 Å². The van der Waals surface area contributed by atoms with Crippen molar-refractivity contribution < 1.29 is 19.0 Å². The Morgan fingerprint density at radius 1 is 1.28 bits per heavy atom. The second kappa shape index (κ2) is 4.65. The van der Waals surface area contributed by atoms with Crippen LogP contribution < -0.4 is 15.2 Å². The van der Waals surface area contributed by atoms with Crippen LogP contribution in [0.5, 0.6) is 17.2 Å². The molecule has 1 saturated carbocycles. The average Bonchev–Trinajstić information content (AvgIpc) is 2.80. The average molecular weight is 255 g/mol. The number of hydrogen-bond acceptors (Lipinski definition) is 4. The number of phenolic OH excluding ortho intramolecular Hbond substituents is 1. The highest BCUT2D eigenvalue weighted by Gasteiger charge is 2.36. The van der Waals surface area contributed by atoms with Crippen LogP contribution in [0.4, 0.5) is 4.39 Å². The fourth-order valence-corrected chi connectivity index (χ4v) is 2.60. The molecular formula is C13H18FNO3. The molecule has 100 valence electrons. The summed E-state index contributed by atoms with van der Waals surface area (Å²) in [6, 6.07) is 1.57. The molecule has 0 heterocycles. The van der Waals surface area contributed by atoms with Gasteiger partial charge >= 0.3 is 0 Å². The van der Waals surface area contributed by atoms with Crippen molar-refractivity contribution in [2.75, 3.05) is 14.2 Å². The minimum Gasteiger partial charge on any atom is -0.504 e. The molecule has 1 aliphatic rings. The topological polar surface area (TPSA) is 64.7 Å². The predicted octanol–water partition coefficient (Wildman–Crippen LogP) is 2.28. The third-order valence-corrected chi connectivity index (χ3v) is 3.62. The largest absolute Gasteiger partial charge is 0.504 e. The van der Waals surface area contributed by atoms with Gasteiger partial charge in [0.1, 0.15) is 0 Å². The van der Waals surface area contributed by atoms with Crippen LogP contribution in [-0.2, 0) is 5.54 Å². The first kappa shape index (κ1) is 13.0. The molecule has 1 aliphatic carbocycles. The summed E-state index contributed by atoms with van der Waals surface area (Å²) in [7, 11) is 2.75. The van der Waals surface area contributed by atoms with Gasteiger partial charge in [0.2, 0.25) is 11.6 Å². The van der Waals surface area contributed by atoms with Gasteiger partial charge in [-0.15, -0.1) is 0 Å². The summed E-state index contributed by atoms with van der Waals surface area (Å²) >= 11 is 0. The predicted molar refractivity (Wildman–Crippen MR) is 65.5 cm³/mol. The van der Waals surface area contributed by atoms with Crippen LogP contribution in [0.25, 0.3) is 0 Å². The lowest BCUT2D eigenvalue weighted by atomic mass is 9.88. The van der Waals surface area contributed by atoms with Crippen molar-refractivity contribution in [2.24, 2.45) is 5.73 Å². The van der Waals surface area contributed by atoms with Gasteiger partial charge < -0.3 is 20.3 Å². The molecule has 4 nitrogen and oxygen atoms in total. The first-order valence-corrected chi connectivity index (χ1v) is 5.96. The van der Waals surface area contributed by atoms with Gasteiger partial charge in [0.05, 0.1) is 14.2 Å². The molecule has 0 unspecified atom stereocenters. The van der Waals surface area contributed by atoms with E-state index in [1.165, 1.54) is 14.2 Å². The molecule has 3 N–H and O–H groups in total. The molecule has 1 aromatic rings. The lowest BCUT2D eigenvalue weighted by Gasteiger charge is -2.26. The Hall–Kier alpha value is -1.49. The Balaban J connectivity index is 2.58. The minimum atomic E-state index is -0.816. The highest BCUT2D eigenvalue weighted by Crippen LogP contribution is 2.46. The van der Waals surface area contributed by atoms with Crippen molar-refractivity contribution in [3.8, 4) is 17.2 Å². The number of benzene rings is 1. The number of halogens is 1. The van der Waals surface area contributed by atoms with E-state index in [9.17, 15) is 9.50 Å². The molecule has 18 heavy (non-hydrogen) atoms. The maximum Gasteiger partial charge on any atom is 0.210 e. The Morgan fingerprint density at radius 3 is 2.39 bits per heavy atom. The van der Waals surface area contributed by atoms with Gasteiger partial charge in [0, 0.05) is 11.1 Å². The summed E-state index contributed by atoms with van der Waals surface area (Å²) in [4.78, 5) is 0. The molecule has 1 fully saturated rings. The first-order valence-electron chi connectivity index (χ1n) is 5.96. The van der Waals surface area contributed by atoms with Crippen molar-refractivity contribution in [1.29, 1.82) is 0 Å². The van der Waals surface area contributed by atoms with E-state index in [4.69, 9.17) is 15.2 Å². The van der Waals surface area contributed by atoms with Gasteiger partial charge in [-0.2, -0.15) is 4.39 Å². The monoisotopic (exact) mass is 255 g/mol. The summed E-state index contributed by atoms with van der Waals surface area (Å²) in [5.41, 5.74) is 5.96. The van der Waals surface area contributed by atoms with Gasteiger partial charge in [0.25, 0.3) is 0 Å². The van der Waals surface area contributed by atoms with Crippen molar-refractivity contribution >= 4 is 0 Å². The maximum absolute atomic E-state index is 14.0. The second-order valence-corrected chi connectivity index (χ2v) is 4.69. The van der Waals surface area contributed by atoms with Crippen molar-refractivity contribution in [2.45, 2.75) is 31.2 Å². The molecule has 0 aliphatic heterocycles. The second-order valence-electron chi connectivity index (χ2n) is 4.69. The Morgan fingerprint density at radius 2 is 1.89 bits per heavy atom. The van der Waals surface area contributed by atoms with Crippen LogP contribution >= 0.6 is 0 Å². The zero-order valence-corrected chi connectivity index (χ0v) is 10.6. The number of hydrogen-bond donors (Lipinski definition) is 2. The number of rotatable bonds is 3. The molecule has 2 rings (SSSR count). The van der Waals surface area contributed by atoms with Crippen LogP contribution in [0.1, 0.15) is 31.2 Å². The van der Waals surface area contributed by atoms with Crippen LogP contribution in [0.3, 0.4) is 0 Å². The highest BCUT2D eigenvalue weighted by atomic mass is 19.1. The Kier molecular flexibility index (Phi) is 3.34. The van der Waals surface area contributed by atoms with E-state index < -0.39 is 17.1 Å². The van der Waals surface area contributed by atoms with E-state index in [0.717, 1.165) is 25.7 Å². The van der Waals surface area contributed by atoms with Crippen LogP contribution in [-0.4, -0.2) is 19.3 Å². The number of aromatic hydroxyl groups is 1. The third-order valence-electron chi connectivity index (χ3n) is 3.62. The fraction of sp³-hybridized carbons (Fsp3) is 0.538. The maximum atomic E-state index is 14.0. The number of phenols is 1. The number of methoxy groups -OCH3 is 2. The van der Waals surface area contributed by atoms with Gasteiger partial charge in [-0.3, -0.25) is 0 Å². The SMILES string of the molecule is COc1cc(C2(N)CCCC2)c(O)c(F)c1OC. The quantitative estimate of drug-likeness (QED) is 0.869. The Bertz CT molecular complexity index is 456. The van der Waals surface area contributed by atoms with E-state index in [0.29, 0.717) is 5.56 Å². The summed E-state index contributed by atoms with van der Waals surface area (Å²) < 4.78 is 24.0. The fourth-order valence-electron chi connectivity index (χ4n) is 2.60. The number of nitrogens with two attached hydrogens (primary N) is 1. The first-order chi connectivity index (χ1) is 8.53.